The second kappa shape index (κ2) is 7.36. The molecule has 2 fully saturated rings. The van der Waals surface area contributed by atoms with E-state index in [4.69, 9.17) is 5.73 Å². The summed E-state index contributed by atoms with van der Waals surface area (Å²) >= 11 is 1.01. The summed E-state index contributed by atoms with van der Waals surface area (Å²) in [4.78, 5) is 37.1. The number of hydrogen-bond donors (Lipinski definition) is 2. The number of amides is 3. The van der Waals surface area contributed by atoms with E-state index in [0.29, 0.717) is 18.0 Å². The van der Waals surface area contributed by atoms with E-state index in [-0.39, 0.29) is 35.4 Å². The lowest BCUT2D eigenvalue weighted by Gasteiger charge is -2.20. The quantitative estimate of drug-likeness (QED) is 0.846. The Kier molecular flexibility index (Phi) is 5.20. The molecule has 0 spiro atoms. The Morgan fingerprint density at radius 3 is 2.88 bits per heavy atom. The summed E-state index contributed by atoms with van der Waals surface area (Å²) < 4.78 is 0. The largest absolute Gasteiger partial charge is 0.349 e. The van der Waals surface area contributed by atoms with E-state index in [1.54, 1.807) is 18.2 Å². The summed E-state index contributed by atoms with van der Waals surface area (Å²) in [5.41, 5.74) is 7.07. The molecule has 3 amide bonds. The van der Waals surface area contributed by atoms with E-state index >= 15 is 0 Å². The molecule has 3 rings (SSSR count). The van der Waals surface area contributed by atoms with Gasteiger partial charge in [0.15, 0.2) is 0 Å². The van der Waals surface area contributed by atoms with E-state index in [1.165, 1.54) is 4.90 Å². The SMILES string of the molecule is NCC1CCCC1NC(=O)c1cccc(CN2C(=O)CSC2=O)c1. The highest BCUT2D eigenvalue weighted by Crippen LogP contribution is 2.25. The topological polar surface area (TPSA) is 92.5 Å². The van der Waals surface area contributed by atoms with Crippen molar-refractivity contribution in [1.29, 1.82) is 0 Å². The van der Waals surface area contributed by atoms with Crippen molar-refractivity contribution in [3.05, 3.63) is 35.4 Å². The van der Waals surface area contributed by atoms with Crippen LogP contribution in [0.2, 0.25) is 0 Å². The molecule has 24 heavy (non-hydrogen) atoms. The van der Waals surface area contributed by atoms with Crippen molar-refractivity contribution in [1.82, 2.24) is 10.2 Å². The molecule has 2 atom stereocenters. The summed E-state index contributed by atoms with van der Waals surface area (Å²) in [5.74, 6) is 0.225. The molecule has 0 radical (unpaired) electrons. The zero-order valence-electron chi connectivity index (χ0n) is 13.4. The van der Waals surface area contributed by atoms with Crippen LogP contribution in [0.5, 0.6) is 0 Å². The smallest absolute Gasteiger partial charge is 0.289 e. The lowest BCUT2D eigenvalue weighted by molar-refractivity contribution is -0.125. The van der Waals surface area contributed by atoms with Gasteiger partial charge < -0.3 is 11.1 Å². The third-order valence-electron chi connectivity index (χ3n) is 4.65. The van der Waals surface area contributed by atoms with Gasteiger partial charge in [-0.2, -0.15) is 0 Å². The maximum atomic E-state index is 12.5. The van der Waals surface area contributed by atoms with Crippen LogP contribution in [-0.2, 0) is 11.3 Å². The number of carbonyl (C=O) groups excluding carboxylic acids is 3. The van der Waals surface area contributed by atoms with Gasteiger partial charge in [-0.15, -0.1) is 0 Å². The van der Waals surface area contributed by atoms with Gasteiger partial charge in [-0.25, -0.2) is 0 Å². The number of hydrogen-bond acceptors (Lipinski definition) is 5. The van der Waals surface area contributed by atoms with Crippen LogP contribution in [0.1, 0.15) is 35.2 Å². The molecule has 7 heteroatoms. The minimum absolute atomic E-state index is 0.129. The predicted molar refractivity (Wildman–Crippen MR) is 92.5 cm³/mol. The van der Waals surface area contributed by atoms with Crippen molar-refractivity contribution >= 4 is 28.8 Å². The Hall–Kier alpha value is -1.86. The Morgan fingerprint density at radius 2 is 2.17 bits per heavy atom. The summed E-state index contributed by atoms with van der Waals surface area (Å²) in [6.07, 6.45) is 3.10. The first kappa shape index (κ1) is 17.0. The third kappa shape index (κ3) is 3.62. The molecule has 1 saturated heterocycles. The standard InChI is InChI=1S/C17H21N3O3S/c18-8-13-5-2-6-14(13)19-16(22)12-4-1-3-11(7-12)9-20-15(21)10-24-17(20)23/h1,3-4,7,13-14H,2,5-6,8-10,18H2,(H,19,22). The van der Waals surface area contributed by atoms with E-state index < -0.39 is 0 Å². The van der Waals surface area contributed by atoms with Crippen molar-refractivity contribution in [2.45, 2.75) is 31.8 Å². The predicted octanol–water partition coefficient (Wildman–Crippen LogP) is 1.74. The van der Waals surface area contributed by atoms with Crippen LogP contribution < -0.4 is 11.1 Å². The van der Waals surface area contributed by atoms with Crippen LogP contribution in [0, 0.1) is 5.92 Å². The van der Waals surface area contributed by atoms with Gasteiger partial charge >= 0.3 is 0 Å². The van der Waals surface area contributed by atoms with Crippen molar-refractivity contribution in [3.8, 4) is 0 Å². The van der Waals surface area contributed by atoms with Crippen LogP contribution in [0.3, 0.4) is 0 Å². The highest BCUT2D eigenvalue weighted by molar-refractivity contribution is 8.14. The first-order chi connectivity index (χ1) is 11.6. The van der Waals surface area contributed by atoms with E-state index in [2.05, 4.69) is 5.32 Å². The van der Waals surface area contributed by atoms with Crippen LogP contribution in [0.4, 0.5) is 4.79 Å². The Labute approximate surface area is 145 Å². The summed E-state index contributed by atoms with van der Waals surface area (Å²) in [7, 11) is 0. The third-order valence-corrected chi connectivity index (χ3v) is 5.51. The van der Waals surface area contributed by atoms with E-state index in [0.717, 1.165) is 36.6 Å². The number of nitrogens with two attached hydrogens (primary N) is 1. The molecule has 6 nitrogen and oxygen atoms in total. The maximum Gasteiger partial charge on any atom is 0.289 e. The minimum Gasteiger partial charge on any atom is -0.349 e. The minimum atomic E-state index is -0.230. The molecule has 3 N–H and O–H groups in total. The number of imide groups is 1. The van der Waals surface area contributed by atoms with Gasteiger partial charge in [0, 0.05) is 11.6 Å². The second-order valence-electron chi connectivity index (χ2n) is 6.24. The number of thioether (sulfide) groups is 1. The second-order valence-corrected chi connectivity index (χ2v) is 7.17. The molecule has 1 aliphatic heterocycles. The van der Waals surface area contributed by atoms with Gasteiger partial charge in [0.25, 0.3) is 11.1 Å². The van der Waals surface area contributed by atoms with Crippen molar-refractivity contribution in [3.63, 3.8) is 0 Å². The molecular weight excluding hydrogens is 326 g/mol. The summed E-state index contributed by atoms with van der Waals surface area (Å²) in [6.45, 7) is 0.794. The lowest BCUT2D eigenvalue weighted by atomic mass is 10.0. The van der Waals surface area contributed by atoms with E-state index in [1.807, 2.05) is 6.07 Å². The molecule has 1 aromatic rings. The van der Waals surface area contributed by atoms with Crippen LogP contribution >= 0.6 is 11.8 Å². The first-order valence-corrected chi connectivity index (χ1v) is 9.14. The fraction of sp³-hybridized carbons (Fsp3) is 0.471. The molecular formula is C17H21N3O3S. The fourth-order valence-corrected chi connectivity index (χ4v) is 4.01. The maximum absolute atomic E-state index is 12.5. The molecule has 1 heterocycles. The number of carbonyl (C=O) groups is 3. The van der Waals surface area contributed by atoms with Crippen LogP contribution in [0.15, 0.2) is 24.3 Å². The zero-order valence-corrected chi connectivity index (χ0v) is 14.2. The Morgan fingerprint density at radius 1 is 1.33 bits per heavy atom. The van der Waals surface area contributed by atoms with Gasteiger partial charge in [0.1, 0.15) is 0 Å². The number of rotatable bonds is 5. The average Bonchev–Trinajstić information content (AvgIpc) is 3.16. The molecule has 1 aliphatic carbocycles. The highest BCUT2D eigenvalue weighted by atomic mass is 32.2. The van der Waals surface area contributed by atoms with Crippen LogP contribution in [-0.4, -0.2) is 40.3 Å². The van der Waals surface area contributed by atoms with E-state index in [9.17, 15) is 14.4 Å². The number of benzene rings is 1. The molecule has 0 aromatic heterocycles. The molecule has 2 aliphatic rings. The number of nitrogens with zero attached hydrogens (tertiary/aromatic N) is 1. The van der Waals surface area contributed by atoms with Gasteiger partial charge in [-0.05, 0) is 43.0 Å². The number of nitrogens with one attached hydrogen (secondary N) is 1. The molecule has 2 unspecified atom stereocenters. The van der Waals surface area contributed by atoms with Gasteiger partial charge in [-0.3, -0.25) is 19.3 Å². The molecule has 0 bridgehead atoms. The molecule has 1 saturated carbocycles. The Balaban J connectivity index is 1.67. The molecule has 1 aromatic carbocycles. The highest BCUT2D eigenvalue weighted by Gasteiger charge is 2.30. The summed E-state index contributed by atoms with van der Waals surface area (Å²) in [5, 5.41) is 2.83. The molecule has 128 valence electrons. The first-order valence-electron chi connectivity index (χ1n) is 8.15. The van der Waals surface area contributed by atoms with Gasteiger partial charge in [0.05, 0.1) is 12.3 Å². The van der Waals surface area contributed by atoms with Gasteiger partial charge in [-0.1, -0.05) is 30.3 Å². The van der Waals surface area contributed by atoms with Gasteiger partial charge in [0.2, 0.25) is 5.91 Å². The zero-order chi connectivity index (χ0) is 17.1. The average molecular weight is 347 g/mol. The normalized spacial score (nSPS) is 23.8. The Bertz CT molecular complexity index is 648. The van der Waals surface area contributed by atoms with Crippen molar-refractivity contribution in [2.75, 3.05) is 12.3 Å². The van der Waals surface area contributed by atoms with Crippen molar-refractivity contribution < 1.29 is 14.4 Å². The fourth-order valence-electron chi connectivity index (χ4n) is 3.29. The summed E-state index contributed by atoms with van der Waals surface area (Å²) in [6, 6.07) is 7.21. The lowest BCUT2D eigenvalue weighted by Crippen LogP contribution is -2.39. The van der Waals surface area contributed by atoms with Crippen molar-refractivity contribution in [2.24, 2.45) is 11.7 Å². The monoisotopic (exact) mass is 347 g/mol. The van der Waals surface area contributed by atoms with Crippen LogP contribution in [0.25, 0.3) is 0 Å².